The maximum Gasteiger partial charge on any atom is 0.266 e. The first-order valence-electron chi connectivity index (χ1n) is 9.80. The van der Waals surface area contributed by atoms with Crippen LogP contribution in [0.2, 0.25) is 0 Å². The number of aliphatic imine (C=N–C) groups is 1. The number of carbonyl (C=O) groups excluding carboxylic acids is 1. The molecule has 29 heavy (non-hydrogen) atoms. The van der Waals surface area contributed by atoms with Crippen molar-refractivity contribution in [1.82, 2.24) is 4.90 Å². The minimum absolute atomic E-state index is 0.0346. The number of nitrogens with zero attached hydrogens (tertiary/aromatic N) is 2. The predicted octanol–water partition coefficient (Wildman–Crippen LogP) is 5.50. The summed E-state index contributed by atoms with van der Waals surface area (Å²) in [5, 5.41) is 0.694. The molecule has 152 valence electrons. The topological polar surface area (TPSA) is 51.1 Å². The number of amidine groups is 1. The van der Waals surface area contributed by atoms with E-state index in [4.69, 9.17) is 9.47 Å². The van der Waals surface area contributed by atoms with Gasteiger partial charge in [-0.25, -0.2) is 4.99 Å². The van der Waals surface area contributed by atoms with Gasteiger partial charge < -0.3 is 9.47 Å². The first-order valence-corrected chi connectivity index (χ1v) is 10.6. The Morgan fingerprint density at radius 2 is 1.86 bits per heavy atom. The minimum Gasteiger partial charge on any atom is -0.490 e. The summed E-state index contributed by atoms with van der Waals surface area (Å²) in [6, 6.07) is 15.4. The summed E-state index contributed by atoms with van der Waals surface area (Å²) in [6.07, 6.45) is 1.94. The van der Waals surface area contributed by atoms with Crippen molar-refractivity contribution in [2.24, 2.45) is 4.99 Å². The zero-order chi connectivity index (χ0) is 20.8. The van der Waals surface area contributed by atoms with E-state index in [2.05, 4.69) is 4.99 Å². The average molecular weight is 411 g/mol. The lowest BCUT2D eigenvalue weighted by Gasteiger charge is -2.15. The Hall–Kier alpha value is -2.73. The van der Waals surface area contributed by atoms with Crippen LogP contribution in [0.1, 0.15) is 33.3 Å². The lowest BCUT2D eigenvalue weighted by Crippen LogP contribution is -2.28. The van der Waals surface area contributed by atoms with Crippen molar-refractivity contribution in [2.45, 2.75) is 33.8 Å². The fraction of sp³-hybridized carbons (Fsp3) is 0.304. The molecular formula is C23H26N2O3S. The van der Waals surface area contributed by atoms with E-state index >= 15 is 0 Å². The van der Waals surface area contributed by atoms with E-state index in [0.717, 1.165) is 11.3 Å². The minimum atomic E-state index is -0.0346. The van der Waals surface area contributed by atoms with Crippen LogP contribution in [-0.4, -0.2) is 35.2 Å². The molecule has 0 aromatic heterocycles. The number of amides is 1. The zero-order valence-electron chi connectivity index (χ0n) is 17.2. The molecule has 0 bridgehead atoms. The third kappa shape index (κ3) is 5.21. The second-order valence-corrected chi connectivity index (χ2v) is 7.70. The first-order chi connectivity index (χ1) is 14.0. The van der Waals surface area contributed by atoms with Crippen molar-refractivity contribution in [3.05, 3.63) is 59.0 Å². The first kappa shape index (κ1) is 21.0. The maximum atomic E-state index is 12.9. The van der Waals surface area contributed by atoms with Gasteiger partial charge in [0.25, 0.3) is 5.91 Å². The Morgan fingerprint density at radius 3 is 2.52 bits per heavy atom. The summed E-state index contributed by atoms with van der Waals surface area (Å²) < 4.78 is 11.5. The third-order valence-corrected chi connectivity index (χ3v) is 5.12. The Morgan fingerprint density at radius 1 is 1.10 bits per heavy atom. The number of benzene rings is 2. The van der Waals surface area contributed by atoms with E-state index in [9.17, 15) is 4.79 Å². The Kier molecular flexibility index (Phi) is 6.99. The molecule has 3 rings (SSSR count). The van der Waals surface area contributed by atoms with E-state index in [-0.39, 0.29) is 12.0 Å². The second-order valence-electron chi connectivity index (χ2n) is 6.70. The predicted molar refractivity (Wildman–Crippen MR) is 120 cm³/mol. The molecule has 1 saturated heterocycles. The van der Waals surface area contributed by atoms with Gasteiger partial charge in [-0.05, 0) is 75.4 Å². The summed E-state index contributed by atoms with van der Waals surface area (Å²) in [6.45, 7) is 8.96. The summed E-state index contributed by atoms with van der Waals surface area (Å²) in [5.74, 6) is 1.35. The molecule has 0 aliphatic carbocycles. The Labute approximate surface area is 176 Å². The van der Waals surface area contributed by atoms with Gasteiger partial charge in [0.15, 0.2) is 16.7 Å². The molecule has 1 amide bonds. The molecule has 6 heteroatoms. The van der Waals surface area contributed by atoms with Gasteiger partial charge in [0.2, 0.25) is 0 Å². The number of likely N-dealkylation sites (N-methyl/N-ethyl adjacent to an activating group) is 1. The lowest BCUT2D eigenvalue weighted by molar-refractivity contribution is -0.122. The van der Waals surface area contributed by atoms with Gasteiger partial charge >= 0.3 is 0 Å². The van der Waals surface area contributed by atoms with Gasteiger partial charge in [0.05, 0.1) is 23.3 Å². The number of hydrogen-bond donors (Lipinski definition) is 0. The van der Waals surface area contributed by atoms with Gasteiger partial charge in [0, 0.05) is 6.54 Å². The van der Waals surface area contributed by atoms with Crippen molar-refractivity contribution in [1.29, 1.82) is 0 Å². The summed E-state index contributed by atoms with van der Waals surface area (Å²) >= 11 is 1.39. The van der Waals surface area contributed by atoms with Crippen molar-refractivity contribution < 1.29 is 14.3 Å². The molecular weight excluding hydrogens is 384 g/mol. The van der Waals surface area contributed by atoms with E-state index in [1.54, 1.807) is 4.90 Å². The number of rotatable bonds is 7. The Balaban J connectivity index is 1.90. The number of hydrogen-bond acceptors (Lipinski definition) is 5. The molecule has 2 aromatic carbocycles. The fourth-order valence-corrected chi connectivity index (χ4v) is 3.93. The van der Waals surface area contributed by atoms with E-state index in [1.807, 2.05) is 82.3 Å². The van der Waals surface area contributed by atoms with E-state index in [0.29, 0.717) is 34.7 Å². The molecule has 1 fully saturated rings. The van der Waals surface area contributed by atoms with E-state index in [1.165, 1.54) is 11.8 Å². The lowest BCUT2D eigenvalue weighted by atomic mass is 10.2. The van der Waals surface area contributed by atoms with Crippen LogP contribution in [0.3, 0.4) is 0 Å². The van der Waals surface area contributed by atoms with Gasteiger partial charge in [-0.3, -0.25) is 9.69 Å². The van der Waals surface area contributed by atoms with Gasteiger partial charge in [-0.1, -0.05) is 24.3 Å². The molecule has 0 radical (unpaired) electrons. The van der Waals surface area contributed by atoms with Gasteiger partial charge in [0.1, 0.15) is 0 Å². The molecule has 0 atom stereocenters. The summed E-state index contributed by atoms with van der Waals surface area (Å²) in [5.41, 5.74) is 1.72. The van der Waals surface area contributed by atoms with Crippen molar-refractivity contribution in [3.8, 4) is 11.5 Å². The SMILES string of the molecule is CCOc1cc(/C=C2/SC(=Nc3ccccc3)N(CC)C2=O)ccc1OC(C)C. The second kappa shape index (κ2) is 9.65. The van der Waals surface area contributed by atoms with Crippen molar-refractivity contribution in [3.63, 3.8) is 0 Å². The smallest absolute Gasteiger partial charge is 0.266 e. The van der Waals surface area contributed by atoms with Crippen LogP contribution in [0.25, 0.3) is 6.08 Å². The molecule has 2 aromatic rings. The third-order valence-electron chi connectivity index (χ3n) is 4.11. The highest BCUT2D eigenvalue weighted by Crippen LogP contribution is 2.36. The molecule has 0 unspecified atom stereocenters. The average Bonchev–Trinajstić information content (AvgIpc) is 2.98. The van der Waals surface area contributed by atoms with Crippen LogP contribution >= 0.6 is 11.8 Å². The monoisotopic (exact) mass is 410 g/mol. The van der Waals surface area contributed by atoms with Gasteiger partial charge in [-0.2, -0.15) is 0 Å². The molecule has 0 saturated carbocycles. The summed E-state index contributed by atoms with van der Waals surface area (Å²) in [4.78, 5) is 19.8. The van der Waals surface area contributed by atoms with Crippen molar-refractivity contribution >= 4 is 34.6 Å². The summed E-state index contributed by atoms with van der Waals surface area (Å²) in [7, 11) is 0. The van der Waals surface area contributed by atoms with Crippen LogP contribution in [0, 0.1) is 0 Å². The normalized spacial score (nSPS) is 16.9. The number of para-hydroxylation sites is 1. The quantitative estimate of drug-likeness (QED) is 0.566. The Bertz CT molecular complexity index is 923. The molecule has 1 aliphatic rings. The van der Waals surface area contributed by atoms with Crippen LogP contribution in [0.15, 0.2) is 58.4 Å². The van der Waals surface area contributed by atoms with Gasteiger partial charge in [-0.15, -0.1) is 0 Å². The van der Waals surface area contributed by atoms with Crippen LogP contribution in [0.5, 0.6) is 11.5 Å². The van der Waals surface area contributed by atoms with Crippen LogP contribution in [0.4, 0.5) is 5.69 Å². The number of carbonyl (C=O) groups is 1. The molecule has 5 nitrogen and oxygen atoms in total. The molecule has 0 N–H and O–H groups in total. The molecule has 1 aliphatic heterocycles. The fourth-order valence-electron chi connectivity index (χ4n) is 2.87. The number of ether oxygens (including phenoxy) is 2. The highest BCUT2D eigenvalue weighted by atomic mass is 32.2. The largest absolute Gasteiger partial charge is 0.490 e. The highest BCUT2D eigenvalue weighted by Gasteiger charge is 2.32. The van der Waals surface area contributed by atoms with E-state index < -0.39 is 0 Å². The maximum absolute atomic E-state index is 12.9. The standard InChI is InChI=1S/C23H26N2O3S/c1-5-25-22(26)21(29-23(25)24-18-10-8-7-9-11-18)15-17-12-13-19(28-16(3)4)20(14-17)27-6-2/h7-16H,5-6H2,1-4H3/b21-15+,24-23?. The van der Waals surface area contributed by atoms with Crippen LogP contribution in [-0.2, 0) is 4.79 Å². The number of thioether (sulfide) groups is 1. The van der Waals surface area contributed by atoms with Crippen molar-refractivity contribution in [2.75, 3.05) is 13.2 Å². The van der Waals surface area contributed by atoms with Crippen LogP contribution < -0.4 is 9.47 Å². The zero-order valence-corrected chi connectivity index (χ0v) is 18.0. The molecule has 1 heterocycles. The molecule has 0 spiro atoms. The highest BCUT2D eigenvalue weighted by molar-refractivity contribution is 8.18.